The standard InChI is InChI=1S/C12H16BrCl2N3O2S/c13-8-5-10(14)12(11(15)6-8)17-21(19,20)18-4-2-1-3-9(18)7-16/h5-6,9,17H,1-4,7,16H2. The highest BCUT2D eigenvalue weighted by Gasteiger charge is 2.32. The van der Waals surface area contributed by atoms with Crippen LogP contribution in [0.3, 0.4) is 0 Å². The lowest BCUT2D eigenvalue weighted by Gasteiger charge is -2.34. The summed E-state index contributed by atoms with van der Waals surface area (Å²) in [7, 11) is -3.74. The first-order valence-corrected chi connectivity index (χ1v) is 9.48. The zero-order valence-electron chi connectivity index (χ0n) is 11.2. The maximum atomic E-state index is 12.5. The number of hydrogen-bond acceptors (Lipinski definition) is 3. The number of anilines is 1. The number of piperidine rings is 1. The maximum absolute atomic E-state index is 12.5. The average Bonchev–Trinajstić information content (AvgIpc) is 2.43. The van der Waals surface area contributed by atoms with Crippen molar-refractivity contribution >= 4 is 55.0 Å². The number of nitrogens with two attached hydrogens (primary N) is 1. The van der Waals surface area contributed by atoms with Gasteiger partial charge in [0, 0.05) is 23.6 Å². The molecule has 1 aromatic carbocycles. The predicted octanol–water partition coefficient (Wildman–Crippen LogP) is 3.23. The highest BCUT2D eigenvalue weighted by molar-refractivity contribution is 9.10. The first-order valence-electron chi connectivity index (χ1n) is 6.49. The van der Waals surface area contributed by atoms with Gasteiger partial charge < -0.3 is 5.73 Å². The van der Waals surface area contributed by atoms with Gasteiger partial charge in [-0.15, -0.1) is 0 Å². The second-order valence-electron chi connectivity index (χ2n) is 4.85. The van der Waals surface area contributed by atoms with Gasteiger partial charge in [-0.2, -0.15) is 12.7 Å². The second kappa shape index (κ2) is 7.02. The van der Waals surface area contributed by atoms with Gasteiger partial charge >= 0.3 is 10.2 Å². The molecule has 0 radical (unpaired) electrons. The Balaban J connectivity index is 2.29. The number of rotatable bonds is 4. The predicted molar refractivity (Wildman–Crippen MR) is 90.1 cm³/mol. The molecule has 1 saturated heterocycles. The van der Waals surface area contributed by atoms with Crippen molar-refractivity contribution in [2.24, 2.45) is 5.73 Å². The van der Waals surface area contributed by atoms with Crippen LogP contribution in [0.2, 0.25) is 10.0 Å². The van der Waals surface area contributed by atoms with E-state index >= 15 is 0 Å². The molecular weight excluding hydrogens is 401 g/mol. The van der Waals surface area contributed by atoms with Crippen LogP contribution < -0.4 is 10.5 Å². The van der Waals surface area contributed by atoms with Crippen LogP contribution >= 0.6 is 39.1 Å². The first kappa shape index (κ1) is 17.3. The zero-order chi connectivity index (χ0) is 15.6. The number of nitrogens with zero attached hydrogens (tertiary/aromatic N) is 1. The minimum Gasteiger partial charge on any atom is -0.329 e. The molecular formula is C12H16BrCl2N3O2S. The van der Waals surface area contributed by atoms with E-state index in [1.165, 1.54) is 4.31 Å². The van der Waals surface area contributed by atoms with Gasteiger partial charge in [-0.1, -0.05) is 45.6 Å². The Labute approximate surface area is 143 Å². The van der Waals surface area contributed by atoms with Crippen LogP contribution in [0.15, 0.2) is 16.6 Å². The summed E-state index contributed by atoms with van der Waals surface area (Å²) in [5, 5.41) is 0.471. The highest BCUT2D eigenvalue weighted by atomic mass is 79.9. The molecule has 1 aliphatic heterocycles. The molecule has 21 heavy (non-hydrogen) atoms. The van der Waals surface area contributed by atoms with E-state index in [1.54, 1.807) is 12.1 Å². The van der Waals surface area contributed by atoms with E-state index < -0.39 is 10.2 Å². The fourth-order valence-electron chi connectivity index (χ4n) is 2.35. The number of hydrogen-bond donors (Lipinski definition) is 2. The van der Waals surface area contributed by atoms with E-state index in [-0.39, 0.29) is 21.8 Å². The third kappa shape index (κ3) is 4.03. The van der Waals surface area contributed by atoms with E-state index in [0.717, 1.165) is 19.3 Å². The van der Waals surface area contributed by atoms with E-state index in [2.05, 4.69) is 20.7 Å². The molecule has 0 aromatic heterocycles. The van der Waals surface area contributed by atoms with E-state index in [1.807, 2.05) is 0 Å². The maximum Gasteiger partial charge on any atom is 0.302 e. The molecule has 0 aliphatic carbocycles. The molecule has 1 unspecified atom stereocenters. The van der Waals surface area contributed by atoms with Crippen LogP contribution in [-0.2, 0) is 10.2 Å². The molecule has 0 spiro atoms. The minimum absolute atomic E-state index is 0.183. The Morgan fingerprint density at radius 2 is 1.95 bits per heavy atom. The van der Waals surface area contributed by atoms with Crippen LogP contribution in [0.25, 0.3) is 0 Å². The average molecular weight is 417 g/mol. The van der Waals surface area contributed by atoms with Gasteiger partial charge in [0.25, 0.3) is 0 Å². The molecule has 3 N–H and O–H groups in total. The highest BCUT2D eigenvalue weighted by Crippen LogP contribution is 2.35. The number of halogens is 3. The van der Waals surface area contributed by atoms with Crippen molar-refractivity contribution in [1.29, 1.82) is 0 Å². The third-order valence-corrected chi connectivity index (χ3v) is 6.01. The van der Waals surface area contributed by atoms with Crippen molar-refractivity contribution in [2.45, 2.75) is 25.3 Å². The van der Waals surface area contributed by atoms with Crippen molar-refractivity contribution in [2.75, 3.05) is 17.8 Å². The molecule has 0 bridgehead atoms. The molecule has 0 amide bonds. The Kier molecular flexibility index (Phi) is 5.78. The van der Waals surface area contributed by atoms with Crippen LogP contribution in [-0.4, -0.2) is 31.9 Å². The Hall–Kier alpha value is -0.0500. The summed E-state index contributed by atoms with van der Waals surface area (Å²) in [4.78, 5) is 0. The molecule has 1 heterocycles. The third-order valence-electron chi connectivity index (χ3n) is 3.39. The minimum atomic E-state index is -3.74. The van der Waals surface area contributed by atoms with Gasteiger partial charge in [-0.3, -0.25) is 4.72 Å². The molecule has 2 rings (SSSR count). The molecule has 0 saturated carbocycles. The zero-order valence-corrected chi connectivity index (χ0v) is 15.1. The van der Waals surface area contributed by atoms with Crippen LogP contribution in [0, 0.1) is 0 Å². The van der Waals surface area contributed by atoms with Gasteiger partial charge in [-0.05, 0) is 25.0 Å². The summed E-state index contributed by atoms with van der Waals surface area (Å²) in [6.45, 7) is 0.742. The van der Waals surface area contributed by atoms with E-state index in [0.29, 0.717) is 17.6 Å². The fourth-order valence-corrected chi connectivity index (χ4v) is 5.32. The van der Waals surface area contributed by atoms with Gasteiger partial charge in [0.2, 0.25) is 0 Å². The van der Waals surface area contributed by atoms with Crippen molar-refractivity contribution in [1.82, 2.24) is 4.31 Å². The number of nitrogens with one attached hydrogen (secondary N) is 1. The second-order valence-corrected chi connectivity index (χ2v) is 8.20. The summed E-state index contributed by atoms with van der Waals surface area (Å²) in [5.74, 6) is 0. The smallest absolute Gasteiger partial charge is 0.302 e. The lowest BCUT2D eigenvalue weighted by Crippen LogP contribution is -2.49. The van der Waals surface area contributed by atoms with Crippen LogP contribution in [0.4, 0.5) is 5.69 Å². The summed E-state index contributed by atoms with van der Waals surface area (Å²) < 4.78 is 29.6. The molecule has 5 nitrogen and oxygen atoms in total. The van der Waals surface area contributed by atoms with Crippen LogP contribution in [0.1, 0.15) is 19.3 Å². The number of benzene rings is 1. The molecule has 1 atom stereocenters. The Morgan fingerprint density at radius 3 is 2.52 bits per heavy atom. The Bertz CT molecular complexity index is 604. The quantitative estimate of drug-likeness (QED) is 0.790. The van der Waals surface area contributed by atoms with Gasteiger partial charge in [0.15, 0.2) is 0 Å². The summed E-state index contributed by atoms with van der Waals surface area (Å²) in [5.41, 5.74) is 5.85. The van der Waals surface area contributed by atoms with Crippen molar-refractivity contribution in [3.05, 3.63) is 26.7 Å². The van der Waals surface area contributed by atoms with Gasteiger partial charge in [-0.25, -0.2) is 0 Å². The molecule has 1 aromatic rings. The lowest BCUT2D eigenvalue weighted by molar-refractivity contribution is 0.259. The normalized spacial score (nSPS) is 20.5. The van der Waals surface area contributed by atoms with Crippen molar-refractivity contribution in [3.63, 3.8) is 0 Å². The lowest BCUT2D eigenvalue weighted by atomic mass is 10.1. The van der Waals surface area contributed by atoms with E-state index in [4.69, 9.17) is 28.9 Å². The monoisotopic (exact) mass is 415 g/mol. The largest absolute Gasteiger partial charge is 0.329 e. The van der Waals surface area contributed by atoms with E-state index in [9.17, 15) is 8.42 Å². The summed E-state index contributed by atoms with van der Waals surface area (Å²) >= 11 is 15.4. The molecule has 118 valence electrons. The molecule has 1 aliphatic rings. The van der Waals surface area contributed by atoms with Crippen LogP contribution in [0.5, 0.6) is 0 Å². The van der Waals surface area contributed by atoms with Crippen molar-refractivity contribution < 1.29 is 8.42 Å². The van der Waals surface area contributed by atoms with Crippen molar-refractivity contribution in [3.8, 4) is 0 Å². The van der Waals surface area contributed by atoms with Gasteiger partial charge in [0.1, 0.15) is 0 Å². The Morgan fingerprint density at radius 1 is 1.33 bits per heavy atom. The summed E-state index contributed by atoms with van der Waals surface area (Å²) in [6, 6.07) is 2.98. The topological polar surface area (TPSA) is 75.4 Å². The molecule has 1 fully saturated rings. The first-order chi connectivity index (χ1) is 9.85. The SMILES string of the molecule is NCC1CCCCN1S(=O)(=O)Nc1c(Cl)cc(Br)cc1Cl. The summed E-state index contributed by atoms with van der Waals surface area (Å²) in [6.07, 6.45) is 2.56. The molecule has 9 heteroatoms. The van der Waals surface area contributed by atoms with Gasteiger partial charge in [0.05, 0.1) is 15.7 Å². The fraction of sp³-hybridized carbons (Fsp3) is 0.500.